The predicted molar refractivity (Wildman–Crippen MR) is 82.0 cm³/mol. The molecule has 2 rings (SSSR count). The molecule has 0 bridgehead atoms. The number of alkyl halides is 3. The highest BCUT2D eigenvalue weighted by Crippen LogP contribution is 2.33. The maximum absolute atomic E-state index is 14.0. The van der Waals surface area contributed by atoms with Gasteiger partial charge in [0.05, 0.1) is 5.56 Å². The van der Waals surface area contributed by atoms with Crippen LogP contribution in [0.25, 0.3) is 6.08 Å². The summed E-state index contributed by atoms with van der Waals surface area (Å²) in [5.41, 5.74) is -2.54. The Labute approximate surface area is 139 Å². The highest BCUT2D eigenvalue weighted by atomic mass is 32.1. The van der Waals surface area contributed by atoms with E-state index < -0.39 is 40.5 Å². The molecule has 0 unspecified atom stereocenters. The third-order valence-corrected chi connectivity index (χ3v) is 3.45. The van der Waals surface area contributed by atoms with Gasteiger partial charge in [0.2, 0.25) is 0 Å². The fraction of sp³-hybridized carbons (Fsp3) is 0.133. The first-order valence-corrected chi connectivity index (χ1v) is 6.93. The van der Waals surface area contributed by atoms with E-state index in [4.69, 9.17) is 12.2 Å². The van der Waals surface area contributed by atoms with Crippen LogP contribution in [0.1, 0.15) is 11.1 Å². The molecule has 0 aromatic heterocycles. The second-order valence-corrected chi connectivity index (χ2v) is 5.11. The van der Waals surface area contributed by atoms with E-state index in [1.54, 1.807) is 0 Å². The Bertz CT molecular complexity index is 771. The van der Waals surface area contributed by atoms with E-state index in [9.17, 15) is 27.2 Å². The lowest BCUT2D eigenvalue weighted by molar-refractivity contribution is -0.140. The Morgan fingerprint density at radius 2 is 1.96 bits per heavy atom. The maximum Gasteiger partial charge on any atom is 0.419 e. The molecule has 1 fully saturated rings. The second-order valence-electron chi connectivity index (χ2n) is 4.73. The molecule has 0 atom stereocenters. The predicted octanol–water partition coefficient (Wildman–Crippen LogP) is 2.66. The van der Waals surface area contributed by atoms with Gasteiger partial charge in [0, 0.05) is 12.1 Å². The summed E-state index contributed by atoms with van der Waals surface area (Å²) in [7, 11) is 0. The standard InChI is InChI=1S/C15H10F4N2O2S/c1-2-6-21-13(23)9(12(22)20-14(21)24)7-8-4-3-5-10(11(8)16)15(17,18)19/h2-5,7H,1,6H2,(H,20,22,24). The molecule has 9 heteroatoms. The number of thiocarbonyl (C=S) groups is 1. The van der Waals surface area contributed by atoms with Gasteiger partial charge in [-0.1, -0.05) is 18.2 Å². The first-order chi connectivity index (χ1) is 11.2. The molecular formula is C15H10F4N2O2S. The van der Waals surface area contributed by atoms with Crippen molar-refractivity contribution < 1.29 is 27.2 Å². The summed E-state index contributed by atoms with van der Waals surface area (Å²) < 4.78 is 52.2. The van der Waals surface area contributed by atoms with Gasteiger partial charge in [-0.2, -0.15) is 13.2 Å². The van der Waals surface area contributed by atoms with Crippen LogP contribution >= 0.6 is 12.2 Å². The van der Waals surface area contributed by atoms with Gasteiger partial charge in [0.1, 0.15) is 11.4 Å². The van der Waals surface area contributed by atoms with Crippen LogP contribution < -0.4 is 5.32 Å². The van der Waals surface area contributed by atoms with Crippen LogP contribution in [0.3, 0.4) is 0 Å². The minimum Gasteiger partial charge on any atom is -0.298 e. The van der Waals surface area contributed by atoms with E-state index in [1.165, 1.54) is 6.08 Å². The molecule has 1 aromatic rings. The summed E-state index contributed by atoms with van der Waals surface area (Å²) in [4.78, 5) is 25.1. The number of carbonyl (C=O) groups excluding carboxylic acids is 2. The van der Waals surface area contributed by atoms with Gasteiger partial charge in [-0.05, 0) is 24.4 Å². The van der Waals surface area contributed by atoms with E-state index >= 15 is 0 Å². The third kappa shape index (κ3) is 3.35. The zero-order chi connectivity index (χ0) is 18.1. The average molecular weight is 358 g/mol. The fourth-order valence-corrected chi connectivity index (χ4v) is 2.27. The Hall–Kier alpha value is -2.55. The number of benzene rings is 1. The van der Waals surface area contributed by atoms with Crippen molar-refractivity contribution in [2.24, 2.45) is 0 Å². The van der Waals surface area contributed by atoms with Gasteiger partial charge >= 0.3 is 6.18 Å². The van der Waals surface area contributed by atoms with Crippen molar-refractivity contribution in [3.05, 3.63) is 53.4 Å². The van der Waals surface area contributed by atoms with Gasteiger partial charge < -0.3 is 0 Å². The molecule has 1 saturated heterocycles. The molecule has 1 aromatic carbocycles. The first kappa shape index (κ1) is 17.8. The number of nitrogens with zero attached hydrogens (tertiary/aromatic N) is 1. The summed E-state index contributed by atoms with van der Waals surface area (Å²) in [5, 5.41) is 2.06. The zero-order valence-electron chi connectivity index (χ0n) is 12.0. The topological polar surface area (TPSA) is 49.4 Å². The molecule has 0 aliphatic carbocycles. The minimum atomic E-state index is -4.89. The fourth-order valence-electron chi connectivity index (χ4n) is 2.02. The zero-order valence-corrected chi connectivity index (χ0v) is 12.8. The Morgan fingerprint density at radius 1 is 1.29 bits per heavy atom. The first-order valence-electron chi connectivity index (χ1n) is 6.52. The van der Waals surface area contributed by atoms with Crippen LogP contribution in [-0.4, -0.2) is 28.4 Å². The summed E-state index contributed by atoms with van der Waals surface area (Å²) in [5.74, 6) is -3.33. The van der Waals surface area contributed by atoms with Crippen LogP contribution in [0.4, 0.5) is 17.6 Å². The van der Waals surface area contributed by atoms with E-state index in [1.807, 2.05) is 0 Å². The highest BCUT2D eigenvalue weighted by molar-refractivity contribution is 7.80. The molecule has 24 heavy (non-hydrogen) atoms. The van der Waals surface area contributed by atoms with Crippen molar-refractivity contribution in [2.75, 3.05) is 6.54 Å². The molecule has 1 aliphatic heterocycles. The van der Waals surface area contributed by atoms with Crippen LogP contribution in [0.2, 0.25) is 0 Å². The average Bonchev–Trinajstić information content (AvgIpc) is 2.48. The summed E-state index contributed by atoms with van der Waals surface area (Å²) >= 11 is 4.83. The molecule has 1 aliphatic rings. The SMILES string of the molecule is C=CCN1C(=O)C(=Cc2cccc(C(F)(F)F)c2F)C(=O)NC1=S. The number of hydrogen-bond donors (Lipinski definition) is 1. The van der Waals surface area contributed by atoms with Crippen molar-refractivity contribution >= 4 is 35.2 Å². The van der Waals surface area contributed by atoms with Crippen molar-refractivity contribution in [1.82, 2.24) is 10.2 Å². The molecule has 1 heterocycles. The van der Waals surface area contributed by atoms with Crippen molar-refractivity contribution in [3.8, 4) is 0 Å². The Balaban J connectivity index is 2.50. The van der Waals surface area contributed by atoms with Crippen LogP contribution in [-0.2, 0) is 15.8 Å². The lowest BCUT2D eigenvalue weighted by atomic mass is 10.0. The number of halogens is 4. The summed E-state index contributed by atoms with van der Waals surface area (Å²) in [6.07, 6.45) is -2.78. The van der Waals surface area contributed by atoms with Crippen molar-refractivity contribution in [3.63, 3.8) is 0 Å². The largest absolute Gasteiger partial charge is 0.419 e. The Kier molecular flexibility index (Phi) is 4.83. The van der Waals surface area contributed by atoms with Crippen LogP contribution in [0.5, 0.6) is 0 Å². The number of nitrogens with one attached hydrogen (secondary N) is 1. The van der Waals surface area contributed by atoms with Gasteiger partial charge in [0.15, 0.2) is 5.11 Å². The smallest absolute Gasteiger partial charge is 0.298 e. The number of amides is 2. The summed E-state index contributed by atoms with van der Waals surface area (Å²) in [6, 6.07) is 2.58. The molecule has 1 N–H and O–H groups in total. The molecule has 126 valence electrons. The van der Waals surface area contributed by atoms with E-state index in [0.717, 1.165) is 23.1 Å². The monoisotopic (exact) mass is 358 g/mol. The third-order valence-electron chi connectivity index (χ3n) is 3.13. The molecule has 0 radical (unpaired) electrons. The van der Waals surface area contributed by atoms with Crippen LogP contribution in [0, 0.1) is 5.82 Å². The molecule has 4 nitrogen and oxygen atoms in total. The number of rotatable bonds is 3. The van der Waals surface area contributed by atoms with Gasteiger partial charge in [-0.3, -0.25) is 19.8 Å². The number of hydrogen-bond acceptors (Lipinski definition) is 3. The lowest BCUT2D eigenvalue weighted by Crippen LogP contribution is -2.53. The van der Waals surface area contributed by atoms with Crippen molar-refractivity contribution in [2.45, 2.75) is 6.18 Å². The second kappa shape index (κ2) is 6.52. The van der Waals surface area contributed by atoms with Crippen LogP contribution in [0.15, 0.2) is 36.4 Å². The quantitative estimate of drug-likeness (QED) is 0.297. The van der Waals surface area contributed by atoms with E-state index in [-0.39, 0.29) is 11.7 Å². The molecule has 0 saturated carbocycles. The maximum atomic E-state index is 14.0. The van der Waals surface area contributed by atoms with E-state index in [2.05, 4.69) is 11.9 Å². The van der Waals surface area contributed by atoms with E-state index in [0.29, 0.717) is 6.07 Å². The van der Waals surface area contributed by atoms with Crippen molar-refractivity contribution in [1.29, 1.82) is 0 Å². The minimum absolute atomic E-state index is 0.0135. The Morgan fingerprint density at radius 3 is 2.54 bits per heavy atom. The molecular weight excluding hydrogens is 348 g/mol. The van der Waals surface area contributed by atoms with Gasteiger partial charge in [0.25, 0.3) is 11.8 Å². The number of carbonyl (C=O) groups is 2. The molecule has 0 spiro atoms. The van der Waals surface area contributed by atoms with Gasteiger partial charge in [-0.25, -0.2) is 4.39 Å². The highest BCUT2D eigenvalue weighted by Gasteiger charge is 2.36. The molecule has 2 amide bonds. The summed E-state index contributed by atoms with van der Waals surface area (Å²) in [6.45, 7) is 3.42. The van der Waals surface area contributed by atoms with Gasteiger partial charge in [-0.15, -0.1) is 6.58 Å². The normalized spacial score (nSPS) is 17.2. The lowest BCUT2D eigenvalue weighted by Gasteiger charge is -2.27.